The Morgan fingerprint density at radius 2 is 1.54 bits per heavy atom. The highest BCUT2D eigenvalue weighted by molar-refractivity contribution is 7.50. The molecule has 2 bridgehead atoms. The van der Waals surface area contributed by atoms with Crippen molar-refractivity contribution in [1.82, 2.24) is 0 Å². The van der Waals surface area contributed by atoms with E-state index >= 15 is 0 Å². The largest absolute Gasteiger partial charge is 0.487 e. The number of fused-ring (bicyclic) bond motifs is 1. The quantitative estimate of drug-likeness (QED) is 0.230. The molecule has 10 heteroatoms. The Kier molecular flexibility index (Phi) is 1.43. The average Bonchev–Trinajstić information content (AvgIpc) is 2.08. The van der Waals surface area contributed by atoms with Crippen LogP contribution in [0.15, 0.2) is 0 Å². The SMILES string of the molecule is O=P12OC(O)(O1)C(O)(C(O)(O)O)O2. The molecule has 0 amide bonds. The van der Waals surface area contributed by atoms with Crippen LogP contribution in [-0.4, -0.2) is 43.3 Å². The van der Waals surface area contributed by atoms with Crippen molar-refractivity contribution in [1.29, 1.82) is 0 Å². The molecule has 3 fully saturated rings. The summed E-state index contributed by atoms with van der Waals surface area (Å²) >= 11 is 0. The molecular weight excluding hydrogens is 211 g/mol. The predicted octanol–water partition coefficient (Wildman–Crippen LogP) is -2.86. The fraction of sp³-hybridized carbons (Fsp3) is 1.00. The van der Waals surface area contributed by atoms with Crippen molar-refractivity contribution >= 4 is 7.82 Å². The van der Waals surface area contributed by atoms with Crippen molar-refractivity contribution in [2.45, 2.75) is 17.7 Å². The molecule has 0 saturated carbocycles. The van der Waals surface area contributed by atoms with Gasteiger partial charge in [0.15, 0.2) is 0 Å². The molecule has 13 heavy (non-hydrogen) atoms. The molecule has 76 valence electrons. The molecule has 3 aliphatic heterocycles. The van der Waals surface area contributed by atoms with E-state index in [2.05, 4.69) is 13.6 Å². The van der Waals surface area contributed by atoms with Gasteiger partial charge in [-0.2, -0.15) is 0 Å². The fourth-order valence-electron chi connectivity index (χ4n) is 0.964. The first-order chi connectivity index (χ1) is 5.62. The van der Waals surface area contributed by atoms with E-state index in [1.807, 2.05) is 0 Å². The third kappa shape index (κ3) is 0.907. The van der Waals surface area contributed by atoms with Crippen molar-refractivity contribution in [3.63, 3.8) is 0 Å². The van der Waals surface area contributed by atoms with Gasteiger partial charge in [0.2, 0.25) is 0 Å². The first-order valence-electron chi connectivity index (χ1n) is 2.96. The van der Waals surface area contributed by atoms with Crippen molar-refractivity contribution in [2.75, 3.05) is 0 Å². The molecule has 0 aliphatic carbocycles. The molecule has 0 aromatic rings. The average molecular weight is 216 g/mol. The van der Waals surface area contributed by atoms with Gasteiger partial charge < -0.3 is 25.5 Å². The Morgan fingerprint density at radius 3 is 1.69 bits per heavy atom. The van der Waals surface area contributed by atoms with Crippen molar-refractivity contribution < 1.29 is 43.7 Å². The second-order valence-corrected chi connectivity index (χ2v) is 4.02. The van der Waals surface area contributed by atoms with E-state index in [-0.39, 0.29) is 0 Å². The second kappa shape index (κ2) is 1.96. The van der Waals surface area contributed by atoms with Gasteiger partial charge in [0.25, 0.3) is 0 Å². The minimum absolute atomic E-state index is 3.04. The summed E-state index contributed by atoms with van der Waals surface area (Å²) in [4.78, 5) is 0. The summed E-state index contributed by atoms with van der Waals surface area (Å²) in [6.07, 6.45) is 0. The monoisotopic (exact) mass is 216 g/mol. The molecular formula is C3H5O9P. The molecule has 0 aromatic heterocycles. The molecule has 3 aliphatic rings. The molecule has 1 atom stereocenters. The lowest BCUT2D eigenvalue weighted by molar-refractivity contribution is -0.507. The maximum Gasteiger partial charge on any atom is 0.487 e. The molecule has 0 aromatic carbocycles. The lowest BCUT2D eigenvalue weighted by atomic mass is 10.2. The van der Waals surface area contributed by atoms with Gasteiger partial charge in [-0.15, -0.1) is 0 Å². The van der Waals surface area contributed by atoms with Crippen molar-refractivity contribution in [3.05, 3.63) is 0 Å². The summed E-state index contributed by atoms with van der Waals surface area (Å²) < 4.78 is 22.8. The highest BCUT2D eigenvalue weighted by Gasteiger charge is 2.86. The molecule has 5 N–H and O–H groups in total. The van der Waals surface area contributed by atoms with E-state index in [0.717, 1.165) is 0 Å². The highest BCUT2D eigenvalue weighted by atomic mass is 31.2. The number of hydrogen-bond acceptors (Lipinski definition) is 9. The van der Waals surface area contributed by atoms with Crippen molar-refractivity contribution in [3.8, 4) is 0 Å². The van der Waals surface area contributed by atoms with Crippen LogP contribution in [0.1, 0.15) is 0 Å². The van der Waals surface area contributed by atoms with E-state index in [1.54, 1.807) is 0 Å². The van der Waals surface area contributed by atoms with Crippen LogP contribution in [-0.2, 0) is 18.1 Å². The van der Waals surface area contributed by atoms with Crippen LogP contribution in [0.4, 0.5) is 0 Å². The smallest absolute Gasteiger partial charge is 0.353 e. The van der Waals surface area contributed by atoms with Crippen LogP contribution >= 0.6 is 7.82 Å². The van der Waals surface area contributed by atoms with Crippen LogP contribution in [0.5, 0.6) is 0 Å². The Balaban J connectivity index is 2.43. The maximum absolute atomic E-state index is 10.8. The standard InChI is InChI=1S/C3H5O9P/c4-1(2(5,6)7)3(8)11-13(9,10-1)12-3/h4-8H. The van der Waals surface area contributed by atoms with Gasteiger partial charge in [0, 0.05) is 0 Å². The zero-order valence-electron chi connectivity index (χ0n) is 5.82. The van der Waals surface area contributed by atoms with Gasteiger partial charge in [0.05, 0.1) is 0 Å². The second-order valence-electron chi connectivity index (χ2n) is 2.58. The van der Waals surface area contributed by atoms with Crippen LogP contribution in [0, 0.1) is 0 Å². The Bertz CT molecular complexity index is 294. The Hall–Kier alpha value is -0.0900. The van der Waals surface area contributed by atoms with Gasteiger partial charge in [-0.1, -0.05) is 0 Å². The normalized spacial score (nSPS) is 54.8. The van der Waals surface area contributed by atoms with Crippen molar-refractivity contribution in [2.24, 2.45) is 0 Å². The van der Waals surface area contributed by atoms with Crippen LogP contribution < -0.4 is 0 Å². The minimum Gasteiger partial charge on any atom is -0.353 e. The molecule has 9 nitrogen and oxygen atoms in total. The van der Waals surface area contributed by atoms with E-state index < -0.39 is 25.6 Å². The van der Waals surface area contributed by atoms with E-state index in [0.29, 0.717) is 0 Å². The number of phosphoric ester groups is 1. The van der Waals surface area contributed by atoms with Crippen LogP contribution in [0.25, 0.3) is 0 Å². The summed E-state index contributed by atoms with van der Waals surface area (Å²) in [6.45, 7) is 0. The summed E-state index contributed by atoms with van der Waals surface area (Å²) in [5, 5.41) is 43.8. The number of phosphoric acid groups is 1. The zero-order chi connectivity index (χ0) is 10.1. The van der Waals surface area contributed by atoms with E-state index in [1.165, 1.54) is 0 Å². The molecule has 3 saturated heterocycles. The Labute approximate surface area is 70.3 Å². The number of hydrogen-bond donors (Lipinski definition) is 5. The van der Waals surface area contributed by atoms with Gasteiger partial charge in [-0.3, -0.25) is 0 Å². The summed E-state index contributed by atoms with van der Waals surface area (Å²) in [5.41, 5.74) is 0. The number of rotatable bonds is 1. The zero-order valence-corrected chi connectivity index (χ0v) is 6.71. The molecule has 0 radical (unpaired) electrons. The van der Waals surface area contributed by atoms with E-state index in [9.17, 15) is 4.57 Å². The third-order valence-corrected chi connectivity index (χ3v) is 3.03. The van der Waals surface area contributed by atoms with Crippen LogP contribution in [0.3, 0.4) is 0 Å². The van der Waals surface area contributed by atoms with Gasteiger partial charge >= 0.3 is 25.6 Å². The van der Waals surface area contributed by atoms with Gasteiger partial charge in [-0.25, -0.2) is 18.1 Å². The maximum atomic E-state index is 10.8. The highest BCUT2D eigenvalue weighted by Crippen LogP contribution is 2.77. The summed E-state index contributed by atoms with van der Waals surface area (Å²) in [5.74, 6) is -10.3. The lowest BCUT2D eigenvalue weighted by Crippen LogP contribution is -2.66. The predicted molar refractivity (Wildman–Crippen MR) is 30.1 cm³/mol. The Morgan fingerprint density at radius 1 is 1.08 bits per heavy atom. The number of aliphatic hydroxyl groups is 5. The first-order valence-corrected chi connectivity index (χ1v) is 4.42. The lowest BCUT2D eigenvalue weighted by Gasteiger charge is -2.35. The molecule has 3 rings (SSSR count). The summed E-state index contributed by atoms with van der Waals surface area (Å²) in [7, 11) is -4.16. The molecule has 3 heterocycles. The summed E-state index contributed by atoms with van der Waals surface area (Å²) in [6, 6.07) is 0. The minimum atomic E-state index is -4.16. The van der Waals surface area contributed by atoms with E-state index in [4.69, 9.17) is 25.5 Å². The third-order valence-electron chi connectivity index (χ3n) is 1.60. The fourth-order valence-corrected chi connectivity index (χ4v) is 2.47. The van der Waals surface area contributed by atoms with Gasteiger partial charge in [-0.05, 0) is 0 Å². The van der Waals surface area contributed by atoms with Crippen LogP contribution in [0.2, 0.25) is 0 Å². The topological polar surface area (TPSA) is 146 Å². The van der Waals surface area contributed by atoms with Gasteiger partial charge in [0.1, 0.15) is 0 Å². The first kappa shape index (κ1) is 9.46. The molecule has 1 unspecified atom stereocenters. The molecule has 0 spiro atoms.